The largest absolute Gasteiger partial charge is 1.00 e. The number of fused-ring (bicyclic) bond motifs is 3. The van der Waals surface area contributed by atoms with Crippen LogP contribution in [0.15, 0.2) is 106 Å². The van der Waals surface area contributed by atoms with E-state index in [-0.39, 0.29) is 35.6 Å². The molecule has 0 N–H and O–H groups in total. The fourth-order valence-electron chi connectivity index (χ4n) is 7.07. The number of hydrogen-bond acceptors (Lipinski definition) is 0. The van der Waals surface area contributed by atoms with Gasteiger partial charge >= 0.3 is 269 Å². The molecule has 4 aromatic rings. The molecular formula is C42H46Cl2Zr. The van der Waals surface area contributed by atoms with E-state index in [2.05, 4.69) is 159 Å². The van der Waals surface area contributed by atoms with Gasteiger partial charge in [0.1, 0.15) is 0 Å². The molecule has 0 saturated carbocycles. The Labute approximate surface area is 292 Å². The molecule has 2 aliphatic carbocycles. The third-order valence-electron chi connectivity index (χ3n) is 9.63. The van der Waals surface area contributed by atoms with Gasteiger partial charge in [-0.3, -0.25) is 0 Å². The fraction of sp³-hybridized carbons (Fsp3) is 0.310. The average molecular weight is 713 g/mol. The van der Waals surface area contributed by atoms with Gasteiger partial charge in [0.2, 0.25) is 0 Å². The molecule has 232 valence electrons. The second-order valence-corrected chi connectivity index (χ2v) is 21.1. The van der Waals surface area contributed by atoms with Gasteiger partial charge in [0.05, 0.1) is 0 Å². The molecule has 0 radical (unpaired) electrons. The number of hydrogen-bond donors (Lipinski definition) is 0. The third-order valence-corrected chi connectivity index (χ3v) is 18.0. The zero-order valence-electron chi connectivity index (χ0n) is 28.3. The Morgan fingerprint density at radius 2 is 1.29 bits per heavy atom. The van der Waals surface area contributed by atoms with E-state index in [1.807, 2.05) is 0 Å². The monoisotopic (exact) mass is 710 g/mol. The first-order chi connectivity index (χ1) is 20.3. The average Bonchev–Trinajstić information content (AvgIpc) is 3.49. The third kappa shape index (κ3) is 6.74. The molecule has 3 heteroatoms. The molecule has 4 aromatic carbocycles. The minimum absolute atomic E-state index is 0. The summed E-state index contributed by atoms with van der Waals surface area (Å²) >= 11 is -2.66. The zero-order chi connectivity index (χ0) is 30.7. The van der Waals surface area contributed by atoms with Crippen molar-refractivity contribution in [1.29, 1.82) is 0 Å². The maximum atomic E-state index is 2.66. The van der Waals surface area contributed by atoms with Crippen molar-refractivity contribution in [2.75, 3.05) is 0 Å². The summed E-state index contributed by atoms with van der Waals surface area (Å²) in [6.07, 6.45) is 3.59. The molecule has 0 saturated heterocycles. The molecule has 45 heavy (non-hydrogen) atoms. The van der Waals surface area contributed by atoms with Crippen LogP contribution < -0.4 is 28.1 Å². The molecule has 0 heterocycles. The van der Waals surface area contributed by atoms with Crippen molar-refractivity contribution < 1.29 is 46.1 Å². The van der Waals surface area contributed by atoms with Crippen LogP contribution in [0.5, 0.6) is 0 Å². The minimum Gasteiger partial charge on any atom is -1.00 e. The molecule has 0 aliphatic heterocycles. The maximum absolute atomic E-state index is 2.66. The van der Waals surface area contributed by atoms with Crippen LogP contribution in [0.25, 0.3) is 16.7 Å². The Bertz CT molecular complexity index is 1810. The summed E-state index contributed by atoms with van der Waals surface area (Å²) in [6, 6.07) is 34.8. The Hall–Kier alpha value is -2.31. The molecular weight excluding hydrogens is 667 g/mol. The van der Waals surface area contributed by atoms with E-state index in [0.717, 1.165) is 6.42 Å². The summed E-state index contributed by atoms with van der Waals surface area (Å²) in [5.41, 5.74) is 14.8. The van der Waals surface area contributed by atoms with Crippen LogP contribution in [-0.4, -0.2) is 3.21 Å². The first-order valence-electron chi connectivity index (χ1n) is 15.9. The standard InChI is InChI=1S/C21H25.C13H13.C8H8.2ClH.Zr/c1-20(2,3)16-9-7-14-11-15-8-10-17(21(4,5)6)13-19(15)18(14)12-16;1-10-8-11(2)13(9-10)12-6-4-3-5-7-12;1-2-8-6-4-3-5-7-8;;;/h7,9-10,12-13H,11H2,1-6H3;3-7,9-10H,1-2H3;3-7H,1H3;2*1H;/q;;;;;+2/p-2. The molecule has 0 spiro atoms. The topological polar surface area (TPSA) is 0 Å². The summed E-state index contributed by atoms with van der Waals surface area (Å²) in [6.45, 7) is 21.5. The number of allylic oxidation sites excluding steroid dienone is 4. The second-order valence-electron chi connectivity index (χ2n) is 14.7. The smallest absolute Gasteiger partial charge is 1.00 e. The predicted octanol–water partition coefficient (Wildman–Crippen LogP) is 4.35. The van der Waals surface area contributed by atoms with Gasteiger partial charge in [-0.15, -0.1) is 0 Å². The van der Waals surface area contributed by atoms with Gasteiger partial charge < -0.3 is 24.8 Å². The van der Waals surface area contributed by atoms with Crippen LogP contribution in [0, 0.1) is 5.92 Å². The predicted molar refractivity (Wildman–Crippen MR) is 184 cm³/mol. The molecule has 0 bridgehead atoms. The Morgan fingerprint density at radius 3 is 1.89 bits per heavy atom. The van der Waals surface area contributed by atoms with E-state index in [9.17, 15) is 0 Å². The molecule has 6 rings (SSSR count). The van der Waals surface area contributed by atoms with E-state index in [0.29, 0.717) is 5.92 Å². The van der Waals surface area contributed by atoms with Crippen LogP contribution in [0.4, 0.5) is 0 Å². The van der Waals surface area contributed by atoms with Crippen LogP contribution >= 0.6 is 0 Å². The Balaban J connectivity index is 0.00000230. The van der Waals surface area contributed by atoms with Crippen molar-refractivity contribution >= 4 is 12.1 Å². The van der Waals surface area contributed by atoms with E-state index in [1.165, 1.54) is 50.1 Å². The molecule has 0 nitrogen and oxygen atoms in total. The van der Waals surface area contributed by atoms with Gasteiger partial charge in [0, 0.05) is 0 Å². The molecule has 0 amide bonds. The van der Waals surface area contributed by atoms with Crippen LogP contribution in [0.2, 0.25) is 0 Å². The SMILES string of the molecule is CC1=[C](/[Zr+2](=[C](\C)c2ccccc2)[c]2cc(C(C)(C)C)cc3c2Cc2ccc(C(C)(C)C)cc2-3)C(C)C=C1c1ccccc1.[Cl-].[Cl-]. The first-order valence-corrected chi connectivity index (χ1v) is 19.6. The summed E-state index contributed by atoms with van der Waals surface area (Å²) in [5.74, 6) is 0.438. The number of rotatable bonds is 4. The molecule has 1 unspecified atom stereocenters. The summed E-state index contributed by atoms with van der Waals surface area (Å²) in [7, 11) is 0. The zero-order valence-corrected chi connectivity index (χ0v) is 32.2. The summed E-state index contributed by atoms with van der Waals surface area (Å²) in [5, 5.41) is 0. The summed E-state index contributed by atoms with van der Waals surface area (Å²) < 4.78 is 5.05. The number of benzene rings is 4. The van der Waals surface area contributed by atoms with Crippen LogP contribution in [-0.2, 0) is 38.5 Å². The molecule has 0 aromatic heterocycles. The van der Waals surface area contributed by atoms with Crippen molar-refractivity contribution in [3.63, 3.8) is 0 Å². The minimum atomic E-state index is -2.66. The van der Waals surface area contributed by atoms with Crippen molar-refractivity contribution in [3.05, 3.63) is 139 Å². The Kier molecular flexibility index (Phi) is 10.6. The molecule has 0 fully saturated rings. The normalized spacial score (nSPS) is 15.9. The van der Waals surface area contributed by atoms with Crippen molar-refractivity contribution in [2.24, 2.45) is 5.92 Å². The van der Waals surface area contributed by atoms with Gasteiger partial charge in [-0.25, -0.2) is 0 Å². The van der Waals surface area contributed by atoms with E-state index in [1.54, 1.807) is 15.3 Å². The van der Waals surface area contributed by atoms with Gasteiger partial charge in [-0.2, -0.15) is 0 Å². The van der Waals surface area contributed by atoms with Crippen molar-refractivity contribution in [1.82, 2.24) is 0 Å². The van der Waals surface area contributed by atoms with Crippen LogP contribution in [0.3, 0.4) is 0 Å². The molecule has 2 aliphatic rings. The fourth-order valence-corrected chi connectivity index (χ4v) is 15.5. The maximum Gasteiger partial charge on any atom is -1.00 e. The van der Waals surface area contributed by atoms with Gasteiger partial charge in [-0.05, 0) is 0 Å². The Morgan fingerprint density at radius 1 is 0.711 bits per heavy atom. The quantitative estimate of drug-likeness (QED) is 0.260. The second kappa shape index (κ2) is 13.4. The number of halogens is 2. The molecule has 1 atom stereocenters. The van der Waals surface area contributed by atoms with Crippen molar-refractivity contribution in [2.45, 2.75) is 79.6 Å². The van der Waals surface area contributed by atoms with E-state index < -0.39 is 21.3 Å². The summed E-state index contributed by atoms with van der Waals surface area (Å²) in [4.78, 5) is 0. The van der Waals surface area contributed by atoms with E-state index in [4.69, 9.17) is 0 Å². The van der Waals surface area contributed by atoms with Crippen LogP contribution in [0.1, 0.15) is 95.7 Å². The van der Waals surface area contributed by atoms with Gasteiger partial charge in [0.15, 0.2) is 0 Å². The van der Waals surface area contributed by atoms with Gasteiger partial charge in [0.25, 0.3) is 0 Å². The van der Waals surface area contributed by atoms with E-state index >= 15 is 0 Å². The van der Waals surface area contributed by atoms with Gasteiger partial charge in [-0.1, -0.05) is 0 Å². The first kappa shape index (κ1) is 35.5. The van der Waals surface area contributed by atoms with Crippen molar-refractivity contribution in [3.8, 4) is 11.1 Å².